The largest absolute Gasteiger partial charge is 0.481 e. The number of hydrogen-bond acceptors (Lipinski definition) is 2. The minimum atomic E-state index is -2.40. The summed E-state index contributed by atoms with van der Waals surface area (Å²) in [5, 5.41) is 17.0. The van der Waals surface area contributed by atoms with E-state index < -0.39 is 58.9 Å². The van der Waals surface area contributed by atoms with E-state index in [2.05, 4.69) is 0 Å². The van der Waals surface area contributed by atoms with Crippen molar-refractivity contribution in [1.29, 1.82) is 0 Å². The van der Waals surface area contributed by atoms with Gasteiger partial charge in [0, 0.05) is 12.0 Å². The van der Waals surface area contributed by atoms with Crippen LogP contribution in [0, 0.1) is 35.0 Å². The molecule has 2 N–H and O–H groups in total. The van der Waals surface area contributed by atoms with E-state index in [0.717, 1.165) is 0 Å². The van der Waals surface area contributed by atoms with E-state index in [1.54, 1.807) is 0 Å². The molecule has 9 heteroatoms. The minimum absolute atomic E-state index is 1.36. The van der Waals surface area contributed by atoms with Gasteiger partial charge in [-0.3, -0.25) is 9.59 Å². The molecule has 1 rings (SSSR count). The SMILES string of the molecule is O=C(O)C(Cc1c(F)c(F)c(F)c(F)c1F)C(=O)O. The molecule has 0 heterocycles. The Morgan fingerprint density at radius 3 is 1.42 bits per heavy atom. The average molecular weight is 284 g/mol. The van der Waals surface area contributed by atoms with Crippen molar-refractivity contribution in [2.75, 3.05) is 0 Å². The van der Waals surface area contributed by atoms with Gasteiger partial charge < -0.3 is 10.2 Å². The van der Waals surface area contributed by atoms with Gasteiger partial charge in [-0.2, -0.15) is 0 Å². The van der Waals surface area contributed by atoms with E-state index in [-0.39, 0.29) is 0 Å². The van der Waals surface area contributed by atoms with E-state index in [1.165, 1.54) is 0 Å². The molecular weight excluding hydrogens is 279 g/mol. The highest BCUT2D eigenvalue weighted by Gasteiger charge is 2.32. The zero-order valence-corrected chi connectivity index (χ0v) is 8.89. The van der Waals surface area contributed by atoms with E-state index in [0.29, 0.717) is 0 Å². The molecule has 4 nitrogen and oxygen atoms in total. The molecule has 1 aromatic rings. The Labute approximate surface area is 102 Å². The van der Waals surface area contributed by atoms with E-state index in [9.17, 15) is 31.5 Å². The Bertz CT molecular complexity index is 514. The molecule has 0 radical (unpaired) electrons. The second kappa shape index (κ2) is 5.21. The molecule has 0 fully saturated rings. The first-order valence-corrected chi connectivity index (χ1v) is 4.64. The maximum absolute atomic E-state index is 13.2. The smallest absolute Gasteiger partial charge is 0.318 e. The van der Waals surface area contributed by atoms with Crippen LogP contribution in [0.15, 0.2) is 0 Å². The lowest BCUT2D eigenvalue weighted by molar-refractivity contribution is -0.154. The summed E-state index contributed by atoms with van der Waals surface area (Å²) in [6.45, 7) is 0. The summed E-state index contributed by atoms with van der Waals surface area (Å²) in [5.74, 6) is -17.7. The molecular formula is C10H5F5O4. The molecule has 0 bridgehead atoms. The topological polar surface area (TPSA) is 74.6 Å². The highest BCUT2D eigenvalue weighted by Crippen LogP contribution is 2.25. The fourth-order valence-corrected chi connectivity index (χ4v) is 1.31. The molecule has 0 unspecified atom stereocenters. The summed E-state index contributed by atoms with van der Waals surface area (Å²) in [6, 6.07) is 0. The van der Waals surface area contributed by atoms with Crippen molar-refractivity contribution in [1.82, 2.24) is 0 Å². The normalized spacial score (nSPS) is 10.8. The molecule has 0 aliphatic heterocycles. The number of aliphatic carboxylic acids is 2. The summed E-state index contributed by atoms with van der Waals surface area (Å²) >= 11 is 0. The van der Waals surface area contributed by atoms with Crippen LogP contribution in [-0.4, -0.2) is 22.2 Å². The fourth-order valence-electron chi connectivity index (χ4n) is 1.31. The quantitative estimate of drug-likeness (QED) is 0.382. The van der Waals surface area contributed by atoms with Crippen LogP contribution < -0.4 is 0 Å². The minimum Gasteiger partial charge on any atom is -0.481 e. The molecule has 0 atom stereocenters. The van der Waals surface area contributed by atoms with E-state index in [4.69, 9.17) is 10.2 Å². The monoisotopic (exact) mass is 284 g/mol. The lowest BCUT2D eigenvalue weighted by Crippen LogP contribution is -2.27. The van der Waals surface area contributed by atoms with Crippen molar-refractivity contribution >= 4 is 11.9 Å². The number of halogens is 5. The number of carboxylic acids is 2. The third-order valence-electron chi connectivity index (χ3n) is 2.31. The standard InChI is InChI=1S/C10H5F5O4/c11-4-2(1-3(9(16)17)10(18)19)5(12)7(14)8(15)6(4)13/h3H,1H2,(H,16,17)(H,18,19). The molecule has 0 amide bonds. The van der Waals surface area contributed by atoms with Gasteiger partial charge in [-0.15, -0.1) is 0 Å². The van der Waals surface area contributed by atoms with Gasteiger partial charge in [0.15, 0.2) is 29.2 Å². The molecule has 19 heavy (non-hydrogen) atoms. The van der Waals surface area contributed by atoms with Crippen LogP contribution in [0.4, 0.5) is 22.0 Å². The lowest BCUT2D eigenvalue weighted by atomic mass is 9.98. The molecule has 0 spiro atoms. The fraction of sp³-hybridized carbons (Fsp3) is 0.200. The Kier molecular flexibility index (Phi) is 4.07. The third kappa shape index (κ3) is 2.64. The number of carbonyl (C=O) groups is 2. The van der Waals surface area contributed by atoms with Gasteiger partial charge in [0.05, 0.1) is 0 Å². The molecule has 0 aromatic heterocycles. The zero-order chi connectivity index (χ0) is 14.9. The van der Waals surface area contributed by atoms with E-state index in [1.807, 2.05) is 0 Å². The summed E-state index contributed by atoms with van der Waals surface area (Å²) in [6.07, 6.45) is -1.36. The van der Waals surface area contributed by atoms with Crippen LogP contribution in [0.5, 0.6) is 0 Å². The molecule has 0 saturated heterocycles. The Hall–Kier alpha value is -2.19. The lowest BCUT2D eigenvalue weighted by Gasteiger charge is -2.11. The zero-order valence-electron chi connectivity index (χ0n) is 8.89. The van der Waals surface area contributed by atoms with Gasteiger partial charge in [0.25, 0.3) is 0 Å². The van der Waals surface area contributed by atoms with Crippen LogP contribution in [0.1, 0.15) is 5.56 Å². The van der Waals surface area contributed by atoms with Gasteiger partial charge in [0.1, 0.15) is 0 Å². The predicted molar refractivity (Wildman–Crippen MR) is 48.7 cm³/mol. The van der Waals surface area contributed by atoms with Gasteiger partial charge in [-0.05, 0) is 0 Å². The van der Waals surface area contributed by atoms with Crippen molar-refractivity contribution in [3.63, 3.8) is 0 Å². The van der Waals surface area contributed by atoms with Crippen molar-refractivity contribution < 1.29 is 41.8 Å². The van der Waals surface area contributed by atoms with Crippen molar-refractivity contribution in [3.05, 3.63) is 34.6 Å². The highest BCUT2D eigenvalue weighted by molar-refractivity contribution is 5.93. The van der Waals surface area contributed by atoms with Gasteiger partial charge >= 0.3 is 11.9 Å². The van der Waals surface area contributed by atoms with Crippen LogP contribution in [0.25, 0.3) is 0 Å². The molecule has 0 aliphatic carbocycles. The van der Waals surface area contributed by atoms with Gasteiger partial charge in [0.2, 0.25) is 5.82 Å². The van der Waals surface area contributed by atoms with Gasteiger partial charge in [-0.1, -0.05) is 0 Å². The first kappa shape index (κ1) is 14.9. The second-order valence-electron chi connectivity index (χ2n) is 3.48. The van der Waals surface area contributed by atoms with Crippen molar-refractivity contribution in [2.24, 2.45) is 5.92 Å². The van der Waals surface area contributed by atoms with Crippen LogP contribution >= 0.6 is 0 Å². The average Bonchev–Trinajstić information content (AvgIpc) is 2.33. The van der Waals surface area contributed by atoms with E-state index >= 15 is 0 Å². The number of carboxylic acid groups (broad SMARTS) is 2. The Morgan fingerprint density at radius 2 is 1.11 bits per heavy atom. The maximum atomic E-state index is 13.2. The highest BCUT2D eigenvalue weighted by atomic mass is 19.2. The molecule has 0 saturated carbocycles. The third-order valence-corrected chi connectivity index (χ3v) is 2.31. The van der Waals surface area contributed by atoms with Crippen molar-refractivity contribution in [3.8, 4) is 0 Å². The number of benzene rings is 1. The van der Waals surface area contributed by atoms with Crippen LogP contribution in [0.2, 0.25) is 0 Å². The van der Waals surface area contributed by atoms with Crippen molar-refractivity contribution in [2.45, 2.75) is 6.42 Å². The second-order valence-corrected chi connectivity index (χ2v) is 3.48. The van der Waals surface area contributed by atoms with Gasteiger partial charge in [-0.25, -0.2) is 22.0 Å². The van der Waals surface area contributed by atoms with Crippen LogP contribution in [-0.2, 0) is 16.0 Å². The molecule has 0 aliphatic rings. The predicted octanol–water partition coefficient (Wildman–Crippen LogP) is 1.71. The summed E-state index contributed by atoms with van der Waals surface area (Å²) < 4.78 is 64.7. The summed E-state index contributed by atoms with van der Waals surface area (Å²) in [4.78, 5) is 21.0. The number of rotatable bonds is 4. The maximum Gasteiger partial charge on any atom is 0.318 e. The summed E-state index contributed by atoms with van der Waals surface area (Å²) in [7, 11) is 0. The molecule has 104 valence electrons. The molecule has 1 aromatic carbocycles. The summed E-state index contributed by atoms with van der Waals surface area (Å²) in [5.41, 5.74) is -1.48. The van der Waals surface area contributed by atoms with Crippen LogP contribution in [0.3, 0.4) is 0 Å². The number of hydrogen-bond donors (Lipinski definition) is 2. The Balaban J connectivity index is 3.36. The first-order valence-electron chi connectivity index (χ1n) is 4.64. The Morgan fingerprint density at radius 1 is 0.789 bits per heavy atom. The first-order chi connectivity index (χ1) is 8.68.